The number of benzene rings is 2. The molecule has 0 radical (unpaired) electrons. The average molecular weight is 454 g/mol. The largest absolute Gasteiger partial charge is 0.459 e. The number of hydrogen-bond acceptors (Lipinski definition) is 5. The predicted octanol–water partition coefficient (Wildman–Crippen LogP) is 2.58. The fourth-order valence-electron chi connectivity index (χ4n) is 3.76. The van der Waals surface area contributed by atoms with Gasteiger partial charge in [-0.1, -0.05) is 24.3 Å². The maximum atomic E-state index is 13.4. The molecule has 0 spiro atoms. The molecule has 1 aliphatic heterocycles. The monoisotopic (exact) mass is 453 g/mol. The molecule has 0 aliphatic carbocycles. The Balaban J connectivity index is 1.43. The molecule has 4 rings (SSSR count). The molecule has 2 N–H and O–H groups in total. The van der Waals surface area contributed by atoms with Crippen molar-refractivity contribution in [3.63, 3.8) is 0 Å². The number of furan rings is 1. The van der Waals surface area contributed by atoms with E-state index in [-0.39, 0.29) is 41.3 Å². The minimum Gasteiger partial charge on any atom is -0.459 e. The Morgan fingerprint density at radius 3 is 2.50 bits per heavy atom. The minimum absolute atomic E-state index is 0.0554. The zero-order valence-electron chi connectivity index (χ0n) is 17.4. The number of carbonyl (C=O) groups excluding carboxylic acids is 2. The summed E-state index contributed by atoms with van der Waals surface area (Å²) < 4.78 is 33.2. The van der Waals surface area contributed by atoms with Crippen LogP contribution in [0.4, 0.5) is 5.69 Å². The lowest BCUT2D eigenvalue weighted by atomic mass is 10.1. The Bertz CT molecular complexity index is 1240. The number of fused-ring (bicyclic) bond motifs is 1. The van der Waals surface area contributed by atoms with Crippen molar-refractivity contribution in [1.82, 2.24) is 10.6 Å². The Kier molecular flexibility index (Phi) is 6.00. The summed E-state index contributed by atoms with van der Waals surface area (Å²) in [5.41, 5.74) is 1.87. The highest BCUT2D eigenvalue weighted by Crippen LogP contribution is 2.36. The van der Waals surface area contributed by atoms with E-state index in [1.54, 1.807) is 30.3 Å². The summed E-state index contributed by atoms with van der Waals surface area (Å²) >= 11 is 0. The van der Waals surface area contributed by atoms with Crippen molar-refractivity contribution >= 4 is 27.5 Å². The topological polar surface area (TPSA) is 109 Å². The van der Waals surface area contributed by atoms with Gasteiger partial charge in [-0.25, -0.2) is 8.42 Å². The van der Waals surface area contributed by atoms with Gasteiger partial charge in [0.25, 0.3) is 21.8 Å². The summed E-state index contributed by atoms with van der Waals surface area (Å²) in [5.74, 6) is -0.617. The normalized spacial score (nSPS) is 15.3. The van der Waals surface area contributed by atoms with Crippen molar-refractivity contribution in [1.29, 1.82) is 0 Å². The lowest BCUT2D eigenvalue weighted by Gasteiger charge is -2.24. The van der Waals surface area contributed by atoms with Crippen LogP contribution >= 0.6 is 0 Å². The molecule has 0 saturated carbocycles. The molecule has 1 aliphatic rings. The van der Waals surface area contributed by atoms with Crippen molar-refractivity contribution in [2.75, 3.05) is 17.4 Å². The fourth-order valence-corrected chi connectivity index (χ4v) is 5.50. The number of anilines is 1. The number of sulfonamides is 1. The molecule has 1 atom stereocenters. The molecule has 3 aromatic rings. The highest BCUT2D eigenvalue weighted by atomic mass is 32.2. The van der Waals surface area contributed by atoms with Crippen LogP contribution < -0.4 is 14.9 Å². The fraction of sp³-hybridized carbons (Fsp3) is 0.217. The van der Waals surface area contributed by atoms with E-state index in [2.05, 4.69) is 10.6 Å². The number of nitrogens with zero attached hydrogens (tertiary/aromatic N) is 1. The van der Waals surface area contributed by atoms with Gasteiger partial charge in [0.1, 0.15) is 0 Å². The third-order valence-corrected chi connectivity index (χ3v) is 7.16. The summed E-state index contributed by atoms with van der Waals surface area (Å²) in [6, 6.07) is 16.3. The van der Waals surface area contributed by atoms with Gasteiger partial charge in [-0.05, 0) is 55.3 Å². The van der Waals surface area contributed by atoms with E-state index in [9.17, 15) is 18.0 Å². The van der Waals surface area contributed by atoms with Gasteiger partial charge in [-0.2, -0.15) is 0 Å². The highest BCUT2D eigenvalue weighted by Gasteiger charge is 2.36. The van der Waals surface area contributed by atoms with E-state index < -0.39 is 15.9 Å². The number of amides is 2. The van der Waals surface area contributed by atoms with Crippen molar-refractivity contribution in [2.24, 2.45) is 0 Å². The van der Waals surface area contributed by atoms with Crippen molar-refractivity contribution in [2.45, 2.75) is 24.3 Å². The Morgan fingerprint density at radius 1 is 1.00 bits per heavy atom. The summed E-state index contributed by atoms with van der Waals surface area (Å²) in [6.07, 6.45) is 2.04. The van der Waals surface area contributed by atoms with E-state index in [0.29, 0.717) is 12.1 Å². The second kappa shape index (κ2) is 8.88. The standard InChI is InChI=1S/C23H23N3O5S/c1-16-14-17-6-2-3-9-20(17)26(16)32(29,30)19-8-4-7-18(15-19)22(27)24-11-12-25-23(28)21-10-5-13-31-21/h2-10,13,15-16H,11-12,14H2,1H3,(H,24,27)(H,25,28). The molecule has 0 bridgehead atoms. The smallest absolute Gasteiger partial charge is 0.287 e. The van der Waals surface area contributed by atoms with Crippen LogP contribution in [-0.2, 0) is 16.4 Å². The molecular formula is C23H23N3O5S. The van der Waals surface area contributed by atoms with Gasteiger partial charge >= 0.3 is 0 Å². The van der Waals surface area contributed by atoms with Crippen molar-refractivity contribution in [3.05, 3.63) is 83.8 Å². The van der Waals surface area contributed by atoms with E-state index in [1.165, 1.54) is 22.7 Å². The van der Waals surface area contributed by atoms with Gasteiger partial charge in [0, 0.05) is 24.7 Å². The zero-order valence-corrected chi connectivity index (χ0v) is 18.3. The van der Waals surface area contributed by atoms with Crippen LogP contribution in [0.2, 0.25) is 0 Å². The van der Waals surface area contributed by atoms with Gasteiger partial charge in [-0.3, -0.25) is 13.9 Å². The Labute approximate surface area is 186 Å². The number of para-hydroxylation sites is 1. The van der Waals surface area contributed by atoms with Crippen LogP contribution in [0.15, 0.2) is 76.2 Å². The van der Waals surface area contributed by atoms with Crippen LogP contribution in [0, 0.1) is 0 Å². The predicted molar refractivity (Wildman–Crippen MR) is 119 cm³/mol. The van der Waals surface area contributed by atoms with Gasteiger partial charge in [-0.15, -0.1) is 0 Å². The second-order valence-corrected chi connectivity index (χ2v) is 9.31. The quantitative estimate of drug-likeness (QED) is 0.535. The second-order valence-electron chi connectivity index (χ2n) is 7.50. The average Bonchev–Trinajstić information content (AvgIpc) is 3.44. The van der Waals surface area contributed by atoms with Crippen LogP contribution in [0.3, 0.4) is 0 Å². The molecule has 2 aromatic carbocycles. The Hall–Kier alpha value is -3.59. The van der Waals surface area contributed by atoms with Gasteiger partial charge in [0.2, 0.25) is 0 Å². The van der Waals surface area contributed by atoms with Crippen molar-refractivity contribution in [3.8, 4) is 0 Å². The molecular weight excluding hydrogens is 430 g/mol. The van der Waals surface area contributed by atoms with Gasteiger partial charge < -0.3 is 15.1 Å². The number of carbonyl (C=O) groups is 2. The van der Waals surface area contributed by atoms with Crippen LogP contribution in [0.5, 0.6) is 0 Å². The summed E-state index contributed by atoms with van der Waals surface area (Å²) in [5, 5.41) is 5.31. The summed E-state index contributed by atoms with van der Waals surface area (Å²) in [4.78, 5) is 24.4. The van der Waals surface area contributed by atoms with Crippen LogP contribution in [0.25, 0.3) is 0 Å². The van der Waals surface area contributed by atoms with Gasteiger partial charge in [0.05, 0.1) is 16.8 Å². The summed E-state index contributed by atoms with van der Waals surface area (Å²) in [7, 11) is -3.83. The molecule has 2 amide bonds. The lowest BCUT2D eigenvalue weighted by Crippen LogP contribution is -2.36. The molecule has 1 aromatic heterocycles. The first-order valence-electron chi connectivity index (χ1n) is 10.2. The molecule has 9 heteroatoms. The number of hydrogen-bond donors (Lipinski definition) is 2. The van der Waals surface area contributed by atoms with Gasteiger partial charge in [0.15, 0.2) is 5.76 Å². The van der Waals surface area contributed by atoms with E-state index >= 15 is 0 Å². The maximum Gasteiger partial charge on any atom is 0.287 e. The Morgan fingerprint density at radius 2 is 1.75 bits per heavy atom. The third kappa shape index (κ3) is 4.24. The molecule has 166 valence electrons. The van der Waals surface area contributed by atoms with E-state index in [1.807, 2.05) is 25.1 Å². The van der Waals surface area contributed by atoms with Crippen molar-refractivity contribution < 1.29 is 22.4 Å². The molecule has 1 unspecified atom stereocenters. The zero-order chi connectivity index (χ0) is 22.7. The molecule has 8 nitrogen and oxygen atoms in total. The van der Waals surface area contributed by atoms with E-state index in [4.69, 9.17) is 4.42 Å². The number of nitrogens with one attached hydrogen (secondary N) is 2. The highest BCUT2D eigenvalue weighted by molar-refractivity contribution is 7.92. The minimum atomic E-state index is -3.83. The first-order valence-corrected chi connectivity index (χ1v) is 11.6. The molecule has 32 heavy (non-hydrogen) atoms. The van der Waals surface area contributed by atoms with E-state index in [0.717, 1.165) is 5.56 Å². The van der Waals surface area contributed by atoms with Crippen LogP contribution in [-0.4, -0.2) is 39.4 Å². The number of rotatable bonds is 7. The van der Waals surface area contributed by atoms with Crippen LogP contribution in [0.1, 0.15) is 33.4 Å². The maximum absolute atomic E-state index is 13.4. The molecule has 0 fully saturated rings. The summed E-state index contributed by atoms with van der Waals surface area (Å²) in [6.45, 7) is 2.25. The first kappa shape index (κ1) is 21.6. The SMILES string of the molecule is CC1Cc2ccccc2N1S(=O)(=O)c1cccc(C(=O)NCCNC(=O)c2ccco2)c1. The molecule has 2 heterocycles. The first-order chi connectivity index (χ1) is 15.4. The third-order valence-electron chi connectivity index (χ3n) is 5.24. The lowest BCUT2D eigenvalue weighted by molar-refractivity contribution is 0.0910. The molecule has 0 saturated heterocycles.